The van der Waals surface area contributed by atoms with Gasteiger partial charge in [0.15, 0.2) is 0 Å². The van der Waals surface area contributed by atoms with E-state index in [-0.39, 0.29) is 0 Å². The third-order valence-electron chi connectivity index (χ3n) is 3.44. The molecule has 0 bridgehead atoms. The molecule has 0 heterocycles. The normalized spacial score (nSPS) is 10.6. The fraction of sp³-hybridized carbons (Fsp3) is 0.588. The maximum absolute atomic E-state index is 11.8. The van der Waals surface area contributed by atoms with E-state index in [0.717, 1.165) is 24.1 Å². The summed E-state index contributed by atoms with van der Waals surface area (Å²) in [7, 11) is 0. The van der Waals surface area contributed by atoms with E-state index in [0.29, 0.717) is 12.2 Å². The van der Waals surface area contributed by atoms with Crippen LogP contribution in [0.4, 0.5) is 5.69 Å². The van der Waals surface area contributed by atoms with Gasteiger partial charge in [-0.05, 0) is 24.1 Å². The largest absolute Gasteiger partial charge is 0.399 e. The summed E-state index contributed by atoms with van der Waals surface area (Å²) in [4.78, 5) is 11.8. The molecule has 0 fully saturated rings. The molecule has 19 heavy (non-hydrogen) atoms. The summed E-state index contributed by atoms with van der Waals surface area (Å²) in [5, 5.41) is 0. The molecule has 1 rings (SSSR count). The summed E-state index contributed by atoms with van der Waals surface area (Å²) in [5.41, 5.74) is 7.45. The summed E-state index contributed by atoms with van der Waals surface area (Å²) in [5.74, 6) is 0.346. The first kappa shape index (κ1) is 15.7. The average molecular weight is 261 g/mol. The van der Waals surface area contributed by atoms with Gasteiger partial charge in [0, 0.05) is 18.5 Å². The van der Waals surface area contributed by atoms with Crippen LogP contribution in [-0.4, -0.2) is 5.78 Å². The van der Waals surface area contributed by atoms with Crippen LogP contribution in [0.2, 0.25) is 0 Å². The van der Waals surface area contributed by atoms with Gasteiger partial charge in [-0.15, -0.1) is 0 Å². The zero-order valence-corrected chi connectivity index (χ0v) is 12.2. The molecule has 1 aromatic rings. The van der Waals surface area contributed by atoms with Crippen molar-refractivity contribution < 1.29 is 4.79 Å². The zero-order chi connectivity index (χ0) is 13.9. The van der Waals surface area contributed by atoms with Crippen LogP contribution < -0.4 is 5.73 Å². The van der Waals surface area contributed by atoms with Crippen molar-refractivity contribution >= 4 is 11.5 Å². The van der Waals surface area contributed by atoms with E-state index in [2.05, 4.69) is 6.92 Å². The van der Waals surface area contributed by atoms with Crippen molar-refractivity contribution in [3.05, 3.63) is 29.8 Å². The first-order valence-corrected chi connectivity index (χ1v) is 7.58. The van der Waals surface area contributed by atoms with Crippen molar-refractivity contribution in [2.75, 3.05) is 5.73 Å². The molecular formula is C17H27NO. The molecule has 0 saturated heterocycles. The highest BCUT2D eigenvalue weighted by atomic mass is 16.1. The molecule has 0 amide bonds. The number of carbonyl (C=O) groups excluding carboxylic acids is 1. The molecule has 2 heteroatoms. The van der Waals surface area contributed by atoms with Crippen molar-refractivity contribution in [3.63, 3.8) is 0 Å². The number of carbonyl (C=O) groups is 1. The molecule has 2 N–H and O–H groups in total. The van der Waals surface area contributed by atoms with Crippen LogP contribution >= 0.6 is 0 Å². The van der Waals surface area contributed by atoms with Crippen LogP contribution in [0, 0.1) is 0 Å². The number of hydrogen-bond acceptors (Lipinski definition) is 2. The second kappa shape index (κ2) is 9.60. The Morgan fingerprint density at radius 1 is 0.947 bits per heavy atom. The molecule has 1 aromatic carbocycles. The van der Waals surface area contributed by atoms with E-state index >= 15 is 0 Å². The Kier molecular flexibility index (Phi) is 7.95. The standard InChI is InChI=1S/C17H27NO/c1-2-3-4-5-6-7-8-9-17(19)14-15-10-12-16(18)13-11-15/h10-13H,2-9,14,18H2,1H3. The van der Waals surface area contributed by atoms with Crippen molar-refractivity contribution in [2.45, 2.75) is 64.7 Å². The summed E-state index contributed by atoms with van der Waals surface area (Å²) in [6.07, 6.45) is 10.1. The lowest BCUT2D eigenvalue weighted by Crippen LogP contribution is -2.02. The summed E-state index contributed by atoms with van der Waals surface area (Å²) in [6.45, 7) is 2.23. The highest BCUT2D eigenvalue weighted by molar-refractivity contribution is 5.80. The fourth-order valence-corrected chi connectivity index (χ4v) is 2.23. The second-order valence-electron chi connectivity index (χ2n) is 5.33. The van der Waals surface area contributed by atoms with Crippen molar-refractivity contribution in [3.8, 4) is 0 Å². The first-order valence-electron chi connectivity index (χ1n) is 7.58. The summed E-state index contributed by atoms with van der Waals surface area (Å²) in [6, 6.07) is 7.60. The summed E-state index contributed by atoms with van der Waals surface area (Å²) >= 11 is 0. The van der Waals surface area contributed by atoms with Gasteiger partial charge in [-0.25, -0.2) is 0 Å². The Morgan fingerprint density at radius 3 is 2.16 bits per heavy atom. The molecular weight excluding hydrogens is 234 g/mol. The van der Waals surface area contributed by atoms with Crippen molar-refractivity contribution in [1.82, 2.24) is 0 Å². The van der Waals surface area contributed by atoms with Crippen LogP contribution in [0.25, 0.3) is 0 Å². The minimum absolute atomic E-state index is 0.346. The number of nitrogen functional groups attached to an aromatic ring is 1. The van der Waals surface area contributed by atoms with Gasteiger partial charge in [0.2, 0.25) is 0 Å². The average Bonchev–Trinajstić information content (AvgIpc) is 2.40. The van der Waals surface area contributed by atoms with E-state index in [1.807, 2.05) is 24.3 Å². The van der Waals surface area contributed by atoms with Gasteiger partial charge >= 0.3 is 0 Å². The number of nitrogens with two attached hydrogens (primary N) is 1. The maximum atomic E-state index is 11.8. The Labute approximate surface area is 117 Å². The lowest BCUT2D eigenvalue weighted by molar-refractivity contribution is -0.118. The van der Waals surface area contributed by atoms with Gasteiger partial charge in [0.05, 0.1) is 0 Å². The van der Waals surface area contributed by atoms with E-state index in [1.54, 1.807) is 0 Å². The number of anilines is 1. The molecule has 0 saturated carbocycles. The Bertz CT molecular complexity index is 356. The van der Waals surface area contributed by atoms with Gasteiger partial charge in [0.1, 0.15) is 5.78 Å². The maximum Gasteiger partial charge on any atom is 0.137 e. The summed E-state index contributed by atoms with van der Waals surface area (Å²) < 4.78 is 0. The molecule has 0 aliphatic heterocycles. The van der Waals surface area contributed by atoms with E-state index in [1.165, 1.54) is 38.5 Å². The topological polar surface area (TPSA) is 43.1 Å². The van der Waals surface area contributed by atoms with Crippen LogP contribution in [0.3, 0.4) is 0 Å². The van der Waals surface area contributed by atoms with Crippen LogP contribution in [0.15, 0.2) is 24.3 Å². The molecule has 0 unspecified atom stereocenters. The third kappa shape index (κ3) is 7.66. The van der Waals surface area contributed by atoms with Crippen LogP contribution in [0.1, 0.15) is 63.9 Å². The number of rotatable bonds is 10. The number of hydrogen-bond donors (Lipinski definition) is 1. The van der Waals surface area contributed by atoms with Gasteiger partial charge < -0.3 is 5.73 Å². The number of ketones is 1. The minimum atomic E-state index is 0.346. The SMILES string of the molecule is CCCCCCCCCC(=O)Cc1ccc(N)cc1. The lowest BCUT2D eigenvalue weighted by atomic mass is 10.0. The van der Waals surface area contributed by atoms with Gasteiger partial charge in [-0.2, -0.15) is 0 Å². The quantitative estimate of drug-likeness (QED) is 0.497. The fourth-order valence-electron chi connectivity index (χ4n) is 2.23. The molecule has 0 spiro atoms. The number of benzene rings is 1. The first-order chi connectivity index (χ1) is 9.22. The smallest absolute Gasteiger partial charge is 0.137 e. The highest BCUT2D eigenvalue weighted by Crippen LogP contribution is 2.11. The molecule has 0 radical (unpaired) electrons. The predicted molar refractivity (Wildman–Crippen MR) is 82.2 cm³/mol. The van der Waals surface area contributed by atoms with Crippen molar-refractivity contribution in [1.29, 1.82) is 0 Å². The van der Waals surface area contributed by atoms with E-state index in [4.69, 9.17) is 5.73 Å². The second-order valence-corrected chi connectivity index (χ2v) is 5.33. The van der Waals surface area contributed by atoms with Crippen LogP contribution in [0.5, 0.6) is 0 Å². The van der Waals surface area contributed by atoms with Gasteiger partial charge in [-0.1, -0.05) is 57.6 Å². The molecule has 0 aliphatic rings. The Morgan fingerprint density at radius 2 is 1.53 bits per heavy atom. The third-order valence-corrected chi connectivity index (χ3v) is 3.44. The van der Waals surface area contributed by atoms with E-state index in [9.17, 15) is 4.79 Å². The highest BCUT2D eigenvalue weighted by Gasteiger charge is 2.03. The lowest BCUT2D eigenvalue weighted by Gasteiger charge is -2.03. The van der Waals surface area contributed by atoms with E-state index < -0.39 is 0 Å². The van der Waals surface area contributed by atoms with Gasteiger partial charge in [-0.3, -0.25) is 4.79 Å². The molecule has 0 aromatic heterocycles. The number of unbranched alkanes of at least 4 members (excludes halogenated alkanes) is 6. The monoisotopic (exact) mass is 261 g/mol. The van der Waals surface area contributed by atoms with Gasteiger partial charge in [0.25, 0.3) is 0 Å². The van der Waals surface area contributed by atoms with Crippen LogP contribution in [-0.2, 0) is 11.2 Å². The molecule has 0 aliphatic carbocycles. The molecule has 106 valence electrons. The minimum Gasteiger partial charge on any atom is -0.399 e. The Hall–Kier alpha value is -1.31. The Balaban J connectivity index is 2.06. The van der Waals surface area contributed by atoms with Crippen molar-refractivity contribution in [2.24, 2.45) is 0 Å². The molecule has 0 atom stereocenters. The molecule has 2 nitrogen and oxygen atoms in total. The number of Topliss-reactive ketones (excluding diaryl/α,β-unsaturated/α-hetero) is 1. The zero-order valence-electron chi connectivity index (χ0n) is 12.2. The predicted octanol–water partition coefficient (Wildman–Crippen LogP) is 4.52.